The summed E-state index contributed by atoms with van der Waals surface area (Å²) < 4.78 is 66.8. The van der Waals surface area contributed by atoms with Gasteiger partial charge in [0.25, 0.3) is 0 Å². The highest BCUT2D eigenvalue weighted by molar-refractivity contribution is 7.90. The maximum atomic E-state index is 14.1. The molecule has 4 rings (SSSR count). The number of aromatic nitrogens is 2. The summed E-state index contributed by atoms with van der Waals surface area (Å²) in [6.07, 6.45) is 2.32. The monoisotopic (exact) mass is 449 g/mol. The van der Waals surface area contributed by atoms with Crippen molar-refractivity contribution in [3.05, 3.63) is 71.7 Å². The van der Waals surface area contributed by atoms with Gasteiger partial charge in [0.2, 0.25) is 16.0 Å². The van der Waals surface area contributed by atoms with Gasteiger partial charge in [-0.2, -0.15) is 4.98 Å². The Morgan fingerprint density at radius 1 is 0.903 bits per heavy atom. The predicted octanol–water partition coefficient (Wildman–Crippen LogP) is 3.96. The SMILES string of the molecule is O=S(=O)(NCc1ccc(Nc2nc(Nc3ccc(F)c(F)c3)ncc2F)cc1)C1CC1. The average molecular weight is 449 g/mol. The van der Waals surface area contributed by atoms with Crippen LogP contribution >= 0.6 is 0 Å². The van der Waals surface area contributed by atoms with E-state index in [1.807, 2.05) is 0 Å². The second kappa shape index (κ2) is 8.52. The second-order valence-corrected chi connectivity index (χ2v) is 9.08. The largest absolute Gasteiger partial charge is 0.338 e. The Kier molecular flexibility index (Phi) is 5.79. The molecule has 1 saturated carbocycles. The third-order valence-electron chi connectivity index (χ3n) is 4.58. The first kappa shape index (κ1) is 21.1. The Labute approximate surface area is 176 Å². The molecule has 3 N–H and O–H groups in total. The Morgan fingerprint density at radius 3 is 2.29 bits per heavy atom. The number of benzene rings is 2. The van der Waals surface area contributed by atoms with Crippen molar-refractivity contribution >= 4 is 33.2 Å². The molecule has 0 radical (unpaired) electrons. The first-order valence-electron chi connectivity index (χ1n) is 9.39. The number of nitrogens with zero attached hydrogens (tertiary/aromatic N) is 2. The molecule has 2 aromatic carbocycles. The fourth-order valence-corrected chi connectivity index (χ4v) is 4.10. The molecule has 0 aliphatic heterocycles. The summed E-state index contributed by atoms with van der Waals surface area (Å²) in [5, 5.41) is 5.20. The van der Waals surface area contributed by atoms with Crippen molar-refractivity contribution in [1.29, 1.82) is 0 Å². The minimum absolute atomic E-state index is 0.0130. The van der Waals surface area contributed by atoms with Gasteiger partial charge < -0.3 is 10.6 Å². The summed E-state index contributed by atoms with van der Waals surface area (Å²) in [5.74, 6) is -2.87. The van der Waals surface area contributed by atoms with E-state index in [1.165, 1.54) is 6.07 Å². The lowest BCUT2D eigenvalue weighted by Gasteiger charge is -2.11. The number of hydrogen-bond acceptors (Lipinski definition) is 6. The maximum Gasteiger partial charge on any atom is 0.229 e. The van der Waals surface area contributed by atoms with Crippen LogP contribution in [0, 0.1) is 17.5 Å². The molecule has 11 heteroatoms. The Morgan fingerprint density at radius 2 is 1.61 bits per heavy atom. The average Bonchev–Trinajstić information content (AvgIpc) is 3.59. The van der Waals surface area contributed by atoms with Crippen LogP contribution in [0.4, 0.5) is 36.3 Å². The van der Waals surface area contributed by atoms with Crippen molar-refractivity contribution in [2.75, 3.05) is 10.6 Å². The van der Waals surface area contributed by atoms with E-state index in [0.29, 0.717) is 18.5 Å². The van der Waals surface area contributed by atoms with Crippen LogP contribution in [-0.2, 0) is 16.6 Å². The highest BCUT2D eigenvalue weighted by Gasteiger charge is 2.35. The van der Waals surface area contributed by atoms with Crippen LogP contribution in [0.5, 0.6) is 0 Å². The van der Waals surface area contributed by atoms with Gasteiger partial charge in [-0.3, -0.25) is 0 Å². The molecule has 1 aliphatic carbocycles. The zero-order valence-corrected chi connectivity index (χ0v) is 16.9. The zero-order valence-electron chi connectivity index (χ0n) is 16.1. The molecular weight excluding hydrogens is 431 g/mol. The van der Waals surface area contributed by atoms with E-state index in [-0.39, 0.29) is 29.2 Å². The van der Waals surface area contributed by atoms with E-state index in [9.17, 15) is 21.6 Å². The molecular formula is C20H18F3N5O2S. The van der Waals surface area contributed by atoms with E-state index >= 15 is 0 Å². The van der Waals surface area contributed by atoms with Gasteiger partial charge in [-0.05, 0) is 42.7 Å². The zero-order chi connectivity index (χ0) is 22.0. The number of hydrogen-bond donors (Lipinski definition) is 3. The molecule has 0 bridgehead atoms. The number of halogens is 3. The maximum absolute atomic E-state index is 14.1. The predicted molar refractivity (Wildman–Crippen MR) is 110 cm³/mol. The summed E-state index contributed by atoms with van der Waals surface area (Å²) in [6.45, 7) is 0.170. The van der Waals surface area contributed by atoms with Crippen LogP contribution < -0.4 is 15.4 Å². The molecule has 7 nitrogen and oxygen atoms in total. The fraction of sp³-hybridized carbons (Fsp3) is 0.200. The molecule has 31 heavy (non-hydrogen) atoms. The summed E-state index contributed by atoms with van der Waals surface area (Å²) >= 11 is 0. The molecule has 162 valence electrons. The van der Waals surface area contributed by atoms with Crippen LogP contribution in [0.2, 0.25) is 0 Å². The molecule has 0 unspecified atom stereocenters. The molecule has 1 fully saturated rings. The molecule has 0 amide bonds. The van der Waals surface area contributed by atoms with Gasteiger partial charge in [0.1, 0.15) is 0 Å². The highest BCUT2D eigenvalue weighted by Crippen LogP contribution is 2.27. The van der Waals surface area contributed by atoms with Gasteiger partial charge in [0.05, 0.1) is 11.4 Å². The quantitative estimate of drug-likeness (QED) is 0.482. The van der Waals surface area contributed by atoms with Crippen LogP contribution in [0.15, 0.2) is 48.7 Å². The third-order valence-corrected chi connectivity index (χ3v) is 6.47. The Bertz CT molecular complexity index is 1200. The first-order valence-corrected chi connectivity index (χ1v) is 10.9. The smallest absolute Gasteiger partial charge is 0.229 e. The van der Waals surface area contributed by atoms with Crippen molar-refractivity contribution in [2.45, 2.75) is 24.6 Å². The molecule has 1 aromatic heterocycles. The summed E-state index contributed by atoms with van der Waals surface area (Å²) in [5.41, 5.74) is 1.47. The van der Waals surface area contributed by atoms with Gasteiger partial charge in [-0.15, -0.1) is 0 Å². The summed E-state index contributed by atoms with van der Waals surface area (Å²) in [4.78, 5) is 7.81. The van der Waals surface area contributed by atoms with E-state index in [0.717, 1.165) is 23.9 Å². The summed E-state index contributed by atoms with van der Waals surface area (Å²) in [6, 6.07) is 9.91. The molecule has 0 spiro atoms. The minimum Gasteiger partial charge on any atom is -0.338 e. The molecule has 0 saturated heterocycles. The third kappa shape index (κ3) is 5.30. The van der Waals surface area contributed by atoms with Crippen LogP contribution in [0.25, 0.3) is 0 Å². The molecule has 1 aliphatic rings. The highest BCUT2D eigenvalue weighted by atomic mass is 32.2. The van der Waals surface area contributed by atoms with E-state index < -0.39 is 27.5 Å². The number of anilines is 4. The van der Waals surface area contributed by atoms with Gasteiger partial charge in [-0.1, -0.05) is 12.1 Å². The lowest BCUT2D eigenvalue weighted by molar-refractivity contribution is 0.509. The summed E-state index contributed by atoms with van der Waals surface area (Å²) in [7, 11) is -3.27. The molecule has 3 aromatic rings. The van der Waals surface area contributed by atoms with Crippen molar-refractivity contribution in [3.63, 3.8) is 0 Å². The van der Waals surface area contributed by atoms with Gasteiger partial charge in [0.15, 0.2) is 23.3 Å². The molecule has 1 heterocycles. The van der Waals surface area contributed by atoms with Crippen LogP contribution in [0.1, 0.15) is 18.4 Å². The lowest BCUT2D eigenvalue weighted by atomic mass is 10.2. The topological polar surface area (TPSA) is 96.0 Å². The van der Waals surface area contributed by atoms with Crippen molar-refractivity contribution in [2.24, 2.45) is 0 Å². The Hall–Kier alpha value is -3.18. The molecule has 0 atom stereocenters. The van der Waals surface area contributed by atoms with E-state index in [1.54, 1.807) is 24.3 Å². The van der Waals surface area contributed by atoms with Crippen molar-refractivity contribution < 1.29 is 21.6 Å². The fourth-order valence-electron chi connectivity index (χ4n) is 2.74. The lowest BCUT2D eigenvalue weighted by Crippen LogP contribution is -2.26. The first-order chi connectivity index (χ1) is 14.8. The second-order valence-electron chi connectivity index (χ2n) is 7.03. The van der Waals surface area contributed by atoms with Gasteiger partial charge in [-0.25, -0.2) is 31.3 Å². The van der Waals surface area contributed by atoms with Crippen molar-refractivity contribution in [3.8, 4) is 0 Å². The van der Waals surface area contributed by atoms with Gasteiger partial charge in [0, 0.05) is 24.0 Å². The number of sulfonamides is 1. The van der Waals surface area contributed by atoms with Crippen molar-refractivity contribution in [1.82, 2.24) is 14.7 Å². The van der Waals surface area contributed by atoms with Gasteiger partial charge >= 0.3 is 0 Å². The Balaban J connectivity index is 1.42. The number of nitrogens with one attached hydrogen (secondary N) is 3. The minimum atomic E-state index is -3.27. The standard InChI is InChI=1S/C20H18F3N5O2S/c21-16-8-5-14(9-17(16)22)27-20-24-11-18(23)19(28-20)26-13-3-1-12(2-4-13)10-25-31(29,30)15-6-7-15/h1-5,8-9,11,15,25H,6-7,10H2,(H2,24,26,27,28). The number of rotatable bonds is 8. The normalized spacial score (nSPS) is 13.8. The van der Waals surface area contributed by atoms with E-state index in [2.05, 4.69) is 25.3 Å². The van der Waals surface area contributed by atoms with Crippen LogP contribution in [-0.4, -0.2) is 23.6 Å². The van der Waals surface area contributed by atoms with E-state index in [4.69, 9.17) is 0 Å². The van der Waals surface area contributed by atoms with Crippen LogP contribution in [0.3, 0.4) is 0 Å².